The number of ketones is 1. The number of carbonyl (C=O) groups is 1. The van der Waals surface area contributed by atoms with Gasteiger partial charge >= 0.3 is 0 Å². The fourth-order valence-corrected chi connectivity index (χ4v) is 2.88. The van der Waals surface area contributed by atoms with Gasteiger partial charge in [0.25, 0.3) is 0 Å². The second kappa shape index (κ2) is 5.76. The van der Waals surface area contributed by atoms with Gasteiger partial charge in [0.15, 0.2) is 0 Å². The molecule has 0 aliphatic carbocycles. The molecule has 0 saturated carbocycles. The molecule has 3 heteroatoms. The number of likely N-dealkylation sites (tertiary alicyclic amines) is 1. The Morgan fingerprint density at radius 3 is 2.86 bits per heavy atom. The smallest absolute Gasteiger partial charge is 0.138 e. The van der Waals surface area contributed by atoms with Gasteiger partial charge in [-0.3, -0.25) is 9.69 Å². The molecule has 0 aromatic heterocycles. The maximum absolute atomic E-state index is 11.4. The van der Waals surface area contributed by atoms with E-state index in [-0.39, 0.29) is 5.92 Å². The molecule has 2 unspecified atom stereocenters. The highest BCUT2D eigenvalue weighted by Crippen LogP contribution is 2.18. The summed E-state index contributed by atoms with van der Waals surface area (Å²) in [5, 5.41) is 0. The second-order valence-corrected chi connectivity index (χ2v) is 5.04. The molecule has 1 heterocycles. The maximum Gasteiger partial charge on any atom is 0.138 e. The number of piperidine rings is 1. The molecule has 82 valence electrons. The zero-order valence-corrected chi connectivity index (χ0v) is 10.3. The zero-order chi connectivity index (χ0) is 10.6. The molecule has 1 aliphatic heterocycles. The van der Waals surface area contributed by atoms with Crippen molar-refractivity contribution in [1.82, 2.24) is 4.90 Å². The number of Topliss-reactive ketones (excluding diaryl/α,β-unsaturated/α-hetero) is 1. The van der Waals surface area contributed by atoms with E-state index in [2.05, 4.69) is 25.0 Å². The zero-order valence-electron chi connectivity index (χ0n) is 9.45. The highest BCUT2D eigenvalue weighted by molar-refractivity contribution is 7.98. The molecule has 2 atom stereocenters. The molecule has 1 rings (SSSR count). The van der Waals surface area contributed by atoms with E-state index in [4.69, 9.17) is 0 Å². The Morgan fingerprint density at radius 1 is 1.64 bits per heavy atom. The van der Waals surface area contributed by atoms with Gasteiger partial charge in [0.1, 0.15) is 5.78 Å². The summed E-state index contributed by atoms with van der Waals surface area (Å²) in [4.78, 5) is 13.9. The summed E-state index contributed by atoms with van der Waals surface area (Å²) < 4.78 is 0. The van der Waals surface area contributed by atoms with Crippen LogP contribution in [0.4, 0.5) is 0 Å². The Morgan fingerprint density at radius 2 is 2.36 bits per heavy atom. The minimum Gasteiger partial charge on any atom is -0.299 e. The molecular formula is C11H21NOS. The van der Waals surface area contributed by atoms with Gasteiger partial charge in [-0.25, -0.2) is 0 Å². The van der Waals surface area contributed by atoms with Crippen LogP contribution in [-0.2, 0) is 4.79 Å². The van der Waals surface area contributed by atoms with Gasteiger partial charge in [0.05, 0.1) is 0 Å². The fourth-order valence-electron chi connectivity index (χ4n) is 2.05. The van der Waals surface area contributed by atoms with Gasteiger partial charge < -0.3 is 0 Å². The molecule has 1 saturated heterocycles. The number of rotatable bonds is 4. The van der Waals surface area contributed by atoms with E-state index in [1.807, 2.05) is 11.8 Å². The predicted molar refractivity (Wildman–Crippen MR) is 62.8 cm³/mol. The van der Waals surface area contributed by atoms with Crippen molar-refractivity contribution in [2.75, 3.05) is 25.1 Å². The summed E-state index contributed by atoms with van der Waals surface area (Å²) in [6, 6.07) is 0.667. The third kappa shape index (κ3) is 2.99. The van der Waals surface area contributed by atoms with Crippen LogP contribution in [0, 0.1) is 5.92 Å². The van der Waals surface area contributed by atoms with E-state index in [1.165, 1.54) is 12.2 Å². The number of nitrogens with zero attached hydrogens (tertiary/aromatic N) is 1. The predicted octanol–water partition coefficient (Wildman–Crippen LogP) is 2.04. The van der Waals surface area contributed by atoms with Crippen LogP contribution in [0.15, 0.2) is 0 Å². The topological polar surface area (TPSA) is 20.3 Å². The molecule has 1 fully saturated rings. The van der Waals surface area contributed by atoms with Gasteiger partial charge in [-0.15, -0.1) is 0 Å². The molecule has 0 amide bonds. The van der Waals surface area contributed by atoms with E-state index in [0.29, 0.717) is 11.8 Å². The Bertz CT molecular complexity index is 196. The third-order valence-corrected chi connectivity index (χ3v) is 3.77. The van der Waals surface area contributed by atoms with Crippen molar-refractivity contribution in [2.45, 2.75) is 32.7 Å². The lowest BCUT2D eigenvalue weighted by Gasteiger charge is -2.35. The van der Waals surface area contributed by atoms with Crippen LogP contribution in [0.5, 0.6) is 0 Å². The quantitative estimate of drug-likeness (QED) is 0.716. The van der Waals surface area contributed by atoms with Gasteiger partial charge in [-0.1, -0.05) is 13.8 Å². The third-order valence-electron chi connectivity index (χ3n) is 3.05. The van der Waals surface area contributed by atoms with E-state index in [1.54, 1.807) is 0 Å². The van der Waals surface area contributed by atoms with Crippen molar-refractivity contribution in [2.24, 2.45) is 5.92 Å². The minimum absolute atomic E-state index is 0.250. The van der Waals surface area contributed by atoms with E-state index in [0.717, 1.165) is 19.5 Å². The highest BCUT2D eigenvalue weighted by Gasteiger charge is 2.27. The molecule has 2 nitrogen and oxygen atoms in total. The highest BCUT2D eigenvalue weighted by atomic mass is 32.2. The van der Waals surface area contributed by atoms with Crippen molar-refractivity contribution >= 4 is 17.5 Å². The second-order valence-electron chi connectivity index (χ2n) is 4.13. The Kier molecular flexibility index (Phi) is 4.96. The van der Waals surface area contributed by atoms with Crippen LogP contribution in [0.2, 0.25) is 0 Å². The fraction of sp³-hybridized carbons (Fsp3) is 0.909. The molecule has 0 bridgehead atoms. The molecule has 0 aromatic carbocycles. The van der Waals surface area contributed by atoms with Crippen molar-refractivity contribution in [1.29, 1.82) is 0 Å². The SMILES string of the molecule is CCC(CSC)N1CCC(=O)C(C)C1. The molecular weight excluding hydrogens is 194 g/mol. The summed E-state index contributed by atoms with van der Waals surface area (Å²) in [5.41, 5.74) is 0. The van der Waals surface area contributed by atoms with Gasteiger partial charge in [-0.2, -0.15) is 11.8 Å². The normalized spacial score (nSPS) is 26.5. The molecule has 0 N–H and O–H groups in total. The van der Waals surface area contributed by atoms with Crippen LogP contribution in [0.3, 0.4) is 0 Å². The van der Waals surface area contributed by atoms with Crippen LogP contribution in [0.25, 0.3) is 0 Å². The standard InChI is InChI=1S/C11H21NOS/c1-4-10(8-14-3)12-6-5-11(13)9(2)7-12/h9-10H,4-8H2,1-3H3. The largest absolute Gasteiger partial charge is 0.299 e. The summed E-state index contributed by atoms with van der Waals surface area (Å²) >= 11 is 1.90. The first-order chi connectivity index (χ1) is 6.69. The van der Waals surface area contributed by atoms with E-state index < -0.39 is 0 Å². The van der Waals surface area contributed by atoms with Gasteiger partial charge in [-0.05, 0) is 12.7 Å². The number of thioether (sulfide) groups is 1. The summed E-state index contributed by atoms with van der Waals surface area (Å²) in [7, 11) is 0. The molecule has 14 heavy (non-hydrogen) atoms. The minimum atomic E-state index is 0.250. The Labute approximate surface area is 91.4 Å². The summed E-state index contributed by atoms with van der Waals surface area (Å²) in [6.07, 6.45) is 4.11. The lowest BCUT2D eigenvalue weighted by Crippen LogP contribution is -2.46. The Balaban J connectivity index is 2.47. The van der Waals surface area contributed by atoms with Crippen molar-refractivity contribution in [3.63, 3.8) is 0 Å². The lowest BCUT2D eigenvalue weighted by molar-refractivity contribution is -0.126. The van der Waals surface area contributed by atoms with Crippen LogP contribution in [-0.4, -0.2) is 41.8 Å². The first-order valence-electron chi connectivity index (χ1n) is 5.44. The molecule has 1 aliphatic rings. The first kappa shape index (κ1) is 12.1. The summed E-state index contributed by atoms with van der Waals surface area (Å²) in [6.45, 7) is 6.24. The average molecular weight is 215 g/mol. The molecule has 0 spiro atoms. The van der Waals surface area contributed by atoms with E-state index >= 15 is 0 Å². The maximum atomic E-state index is 11.4. The molecule has 0 radical (unpaired) electrons. The van der Waals surface area contributed by atoms with Crippen molar-refractivity contribution in [3.05, 3.63) is 0 Å². The van der Waals surface area contributed by atoms with E-state index in [9.17, 15) is 4.79 Å². The number of hydrogen-bond donors (Lipinski definition) is 0. The monoisotopic (exact) mass is 215 g/mol. The van der Waals surface area contributed by atoms with Crippen LogP contribution in [0.1, 0.15) is 26.7 Å². The average Bonchev–Trinajstić information content (AvgIpc) is 2.19. The summed E-state index contributed by atoms with van der Waals surface area (Å²) in [5.74, 6) is 1.89. The lowest BCUT2D eigenvalue weighted by atomic mass is 9.97. The van der Waals surface area contributed by atoms with Crippen LogP contribution >= 0.6 is 11.8 Å². The molecule has 0 aromatic rings. The Hall–Kier alpha value is -0.0200. The van der Waals surface area contributed by atoms with Gasteiger partial charge in [0.2, 0.25) is 0 Å². The first-order valence-corrected chi connectivity index (χ1v) is 6.84. The van der Waals surface area contributed by atoms with Crippen molar-refractivity contribution in [3.8, 4) is 0 Å². The number of hydrogen-bond acceptors (Lipinski definition) is 3. The number of carbonyl (C=O) groups excluding carboxylic acids is 1. The van der Waals surface area contributed by atoms with Gasteiger partial charge in [0, 0.05) is 37.2 Å². The van der Waals surface area contributed by atoms with Crippen LogP contribution < -0.4 is 0 Å². The van der Waals surface area contributed by atoms with Crippen molar-refractivity contribution < 1.29 is 4.79 Å².